The molecular weight excluding hydrogens is 200 g/mol. The molecule has 0 spiro atoms. The van der Waals surface area contributed by atoms with Crippen LogP contribution in [0.4, 0.5) is 0 Å². The van der Waals surface area contributed by atoms with Gasteiger partial charge in [0.05, 0.1) is 0 Å². The Morgan fingerprint density at radius 2 is 2.64 bits per heavy atom. The molecule has 0 unspecified atom stereocenters. The molecule has 1 aliphatic heterocycles. The van der Waals surface area contributed by atoms with E-state index in [1.807, 2.05) is 11.8 Å². The van der Waals surface area contributed by atoms with E-state index in [0.29, 0.717) is 5.69 Å². The maximum Gasteiger partial charge on any atom is 0.275 e. The molecule has 14 heavy (non-hydrogen) atoms. The lowest BCUT2D eigenvalue weighted by Crippen LogP contribution is -2.52. The Morgan fingerprint density at radius 1 is 1.79 bits per heavy atom. The number of rotatable bonds is 1. The molecule has 1 amide bonds. The Balaban J connectivity index is 2.10. The smallest absolute Gasteiger partial charge is 0.275 e. The molecule has 0 radical (unpaired) electrons. The highest BCUT2D eigenvalue weighted by molar-refractivity contribution is 7.03. The fourth-order valence-corrected chi connectivity index (χ4v) is 1.98. The summed E-state index contributed by atoms with van der Waals surface area (Å²) in [5, 5.41) is 8.71. The molecule has 76 valence electrons. The van der Waals surface area contributed by atoms with E-state index < -0.39 is 0 Å². The van der Waals surface area contributed by atoms with Gasteiger partial charge in [-0.25, -0.2) is 0 Å². The zero-order valence-corrected chi connectivity index (χ0v) is 8.75. The van der Waals surface area contributed by atoms with Crippen LogP contribution in [0.2, 0.25) is 0 Å². The summed E-state index contributed by atoms with van der Waals surface area (Å²) < 4.78 is 3.69. The van der Waals surface area contributed by atoms with Crippen LogP contribution in [0.3, 0.4) is 0 Å². The molecule has 1 aromatic heterocycles. The summed E-state index contributed by atoms with van der Waals surface area (Å²) in [6.45, 7) is 4.48. The van der Waals surface area contributed by atoms with Gasteiger partial charge in [0.25, 0.3) is 5.91 Å². The molecule has 1 aliphatic rings. The van der Waals surface area contributed by atoms with Crippen molar-refractivity contribution in [3.05, 3.63) is 11.1 Å². The largest absolute Gasteiger partial charge is 0.332 e. The number of nitrogens with zero attached hydrogens (tertiary/aromatic N) is 3. The number of hydrogen-bond acceptors (Lipinski definition) is 5. The molecule has 2 rings (SSSR count). The fourth-order valence-electron chi connectivity index (χ4n) is 1.55. The van der Waals surface area contributed by atoms with Gasteiger partial charge in [-0.15, -0.1) is 5.10 Å². The van der Waals surface area contributed by atoms with E-state index in [1.54, 1.807) is 5.38 Å². The van der Waals surface area contributed by atoms with Gasteiger partial charge in [-0.3, -0.25) is 4.79 Å². The third kappa shape index (κ3) is 1.76. The molecule has 0 saturated carbocycles. The van der Waals surface area contributed by atoms with Gasteiger partial charge in [-0.1, -0.05) is 4.49 Å². The van der Waals surface area contributed by atoms with E-state index >= 15 is 0 Å². The van der Waals surface area contributed by atoms with Crippen LogP contribution in [0.15, 0.2) is 5.38 Å². The van der Waals surface area contributed by atoms with Crippen molar-refractivity contribution in [2.45, 2.75) is 13.0 Å². The lowest BCUT2D eigenvalue weighted by molar-refractivity contribution is 0.0649. The second kappa shape index (κ2) is 4.02. The van der Waals surface area contributed by atoms with Crippen LogP contribution >= 0.6 is 11.5 Å². The van der Waals surface area contributed by atoms with Crippen LogP contribution in [-0.2, 0) is 0 Å². The first-order valence-corrected chi connectivity index (χ1v) is 5.41. The Hall–Kier alpha value is -1.01. The second-order valence-corrected chi connectivity index (χ2v) is 3.95. The topological polar surface area (TPSA) is 58.1 Å². The average Bonchev–Trinajstić information content (AvgIpc) is 2.70. The van der Waals surface area contributed by atoms with Crippen LogP contribution in [0.5, 0.6) is 0 Å². The highest BCUT2D eigenvalue weighted by Gasteiger charge is 2.25. The fraction of sp³-hybridized carbons (Fsp3) is 0.625. The zero-order chi connectivity index (χ0) is 9.97. The van der Waals surface area contributed by atoms with Crippen molar-refractivity contribution in [3.63, 3.8) is 0 Å². The van der Waals surface area contributed by atoms with Crippen molar-refractivity contribution in [3.8, 4) is 0 Å². The van der Waals surface area contributed by atoms with Gasteiger partial charge in [0.2, 0.25) is 0 Å². The average molecular weight is 212 g/mol. The molecule has 5 nitrogen and oxygen atoms in total. The van der Waals surface area contributed by atoms with E-state index in [-0.39, 0.29) is 11.9 Å². The normalized spacial score (nSPS) is 22.4. The number of carbonyl (C=O) groups excluding carboxylic acids is 1. The Morgan fingerprint density at radius 3 is 3.29 bits per heavy atom. The first-order chi connectivity index (χ1) is 6.79. The van der Waals surface area contributed by atoms with Gasteiger partial charge in [0.15, 0.2) is 5.69 Å². The summed E-state index contributed by atoms with van der Waals surface area (Å²) in [6.07, 6.45) is 0. The van der Waals surface area contributed by atoms with Crippen LogP contribution in [-0.4, -0.2) is 46.1 Å². The number of amides is 1. The van der Waals surface area contributed by atoms with E-state index in [4.69, 9.17) is 0 Å². The number of piperazine rings is 1. The number of aromatic nitrogens is 2. The lowest BCUT2D eigenvalue weighted by atomic mass is 10.2. The number of hydrogen-bond donors (Lipinski definition) is 1. The van der Waals surface area contributed by atoms with E-state index in [9.17, 15) is 4.79 Å². The van der Waals surface area contributed by atoms with Crippen molar-refractivity contribution >= 4 is 17.4 Å². The van der Waals surface area contributed by atoms with Crippen molar-refractivity contribution in [2.75, 3.05) is 19.6 Å². The highest BCUT2D eigenvalue weighted by atomic mass is 32.1. The summed E-state index contributed by atoms with van der Waals surface area (Å²) in [4.78, 5) is 13.7. The molecule has 1 fully saturated rings. The third-order valence-electron chi connectivity index (χ3n) is 2.34. The van der Waals surface area contributed by atoms with Gasteiger partial charge in [-0.05, 0) is 18.5 Å². The van der Waals surface area contributed by atoms with Crippen LogP contribution in [0.1, 0.15) is 17.4 Å². The predicted octanol–water partition coefficient (Wildman–Crippen LogP) is -0.0280. The zero-order valence-electron chi connectivity index (χ0n) is 7.93. The maximum absolute atomic E-state index is 11.9. The van der Waals surface area contributed by atoms with Crippen molar-refractivity contribution in [1.29, 1.82) is 0 Å². The SMILES string of the molecule is C[C@@H]1CNCCN1C(=O)c1csnn1. The molecule has 1 N–H and O–H groups in total. The van der Waals surface area contributed by atoms with Crippen LogP contribution in [0, 0.1) is 0 Å². The minimum atomic E-state index is -0.00671. The van der Waals surface area contributed by atoms with Gasteiger partial charge < -0.3 is 10.2 Å². The first-order valence-electron chi connectivity index (χ1n) is 4.58. The molecule has 0 aromatic carbocycles. The summed E-state index contributed by atoms with van der Waals surface area (Å²) in [7, 11) is 0. The highest BCUT2D eigenvalue weighted by Crippen LogP contribution is 2.08. The minimum absolute atomic E-state index is 0.00671. The first kappa shape index (κ1) is 9.54. The van der Waals surface area contributed by atoms with Gasteiger partial charge in [0.1, 0.15) is 0 Å². The minimum Gasteiger partial charge on any atom is -0.332 e. The van der Waals surface area contributed by atoms with Crippen LogP contribution < -0.4 is 5.32 Å². The standard InChI is InChI=1S/C8H12N4OS/c1-6-4-9-2-3-12(6)8(13)7-5-14-11-10-7/h5-6,9H,2-4H2,1H3/t6-/m1/s1. The Kier molecular flexibility index (Phi) is 2.74. The maximum atomic E-state index is 11.9. The summed E-state index contributed by atoms with van der Waals surface area (Å²) in [6, 6.07) is 0.234. The Labute approximate surface area is 86.3 Å². The number of nitrogens with one attached hydrogen (secondary N) is 1. The molecule has 1 saturated heterocycles. The molecule has 1 aromatic rings. The summed E-state index contributed by atoms with van der Waals surface area (Å²) >= 11 is 1.21. The van der Waals surface area contributed by atoms with E-state index in [0.717, 1.165) is 19.6 Å². The molecule has 6 heteroatoms. The van der Waals surface area contributed by atoms with Gasteiger partial charge >= 0.3 is 0 Å². The monoisotopic (exact) mass is 212 g/mol. The summed E-state index contributed by atoms with van der Waals surface area (Å²) in [5.41, 5.74) is 0.462. The molecular formula is C8H12N4OS. The van der Waals surface area contributed by atoms with E-state index in [2.05, 4.69) is 14.9 Å². The predicted molar refractivity (Wildman–Crippen MR) is 53.3 cm³/mol. The summed E-state index contributed by atoms with van der Waals surface area (Å²) in [5.74, 6) is -0.00671. The van der Waals surface area contributed by atoms with Crippen molar-refractivity contribution < 1.29 is 4.79 Å². The molecule has 0 bridgehead atoms. The van der Waals surface area contributed by atoms with Gasteiger partial charge in [-0.2, -0.15) is 0 Å². The third-order valence-corrected chi connectivity index (χ3v) is 2.85. The lowest BCUT2D eigenvalue weighted by Gasteiger charge is -2.33. The van der Waals surface area contributed by atoms with Gasteiger partial charge in [0, 0.05) is 31.1 Å². The van der Waals surface area contributed by atoms with E-state index in [1.165, 1.54) is 11.5 Å². The molecule has 0 aliphatic carbocycles. The number of carbonyl (C=O) groups is 1. The quantitative estimate of drug-likeness (QED) is 0.710. The van der Waals surface area contributed by atoms with Crippen molar-refractivity contribution in [1.82, 2.24) is 19.8 Å². The molecule has 2 heterocycles. The second-order valence-electron chi connectivity index (χ2n) is 3.34. The molecule has 1 atom stereocenters. The Bertz CT molecular complexity index is 313. The van der Waals surface area contributed by atoms with Crippen molar-refractivity contribution in [2.24, 2.45) is 0 Å². The van der Waals surface area contributed by atoms with Crippen LogP contribution in [0.25, 0.3) is 0 Å².